The minimum atomic E-state index is -0.00401. The van der Waals surface area contributed by atoms with Crippen LogP contribution >= 0.6 is 0 Å². The van der Waals surface area contributed by atoms with Crippen LogP contribution in [0.5, 0.6) is 0 Å². The van der Waals surface area contributed by atoms with E-state index in [0.717, 1.165) is 31.0 Å². The van der Waals surface area contributed by atoms with Crippen LogP contribution in [0, 0.1) is 5.41 Å². The van der Waals surface area contributed by atoms with E-state index in [0.29, 0.717) is 5.82 Å². The minimum absolute atomic E-state index is 0.00401. The van der Waals surface area contributed by atoms with E-state index in [1.54, 1.807) is 6.07 Å². The van der Waals surface area contributed by atoms with E-state index in [2.05, 4.69) is 29.1 Å². The molecular formula is C15H26N4O. The molecule has 4 N–H and O–H groups in total. The smallest absolute Gasteiger partial charge is 0.135 e. The number of nitrogen functional groups attached to an aromatic ring is 1. The predicted octanol–water partition coefficient (Wildman–Crippen LogP) is 2.54. The number of hydrogen-bond acceptors (Lipinski definition) is 5. The summed E-state index contributed by atoms with van der Waals surface area (Å²) in [5, 5.41) is 13.1. The zero-order valence-corrected chi connectivity index (χ0v) is 12.5. The number of hydrogen-bond donors (Lipinski definition) is 3. The average Bonchev–Trinajstić information content (AvgIpc) is 2.45. The molecule has 1 aliphatic carbocycles. The van der Waals surface area contributed by atoms with Gasteiger partial charge in [0.15, 0.2) is 0 Å². The lowest BCUT2D eigenvalue weighted by molar-refractivity contribution is 0.0943. The number of nitrogens with two attached hydrogens (primary N) is 1. The van der Waals surface area contributed by atoms with Crippen LogP contribution in [0.3, 0.4) is 0 Å². The monoisotopic (exact) mass is 278 g/mol. The average molecular weight is 278 g/mol. The third kappa shape index (κ3) is 3.60. The molecule has 5 heteroatoms. The molecule has 1 saturated carbocycles. The first kappa shape index (κ1) is 15.0. The Balaban J connectivity index is 2.06. The maximum absolute atomic E-state index is 9.72. The summed E-state index contributed by atoms with van der Waals surface area (Å²) >= 11 is 0. The first-order chi connectivity index (χ1) is 9.54. The lowest BCUT2D eigenvalue weighted by Gasteiger charge is -2.35. The molecule has 0 spiro atoms. The molecule has 0 unspecified atom stereocenters. The molecule has 0 radical (unpaired) electrons. The third-order valence-corrected chi connectivity index (χ3v) is 4.17. The van der Waals surface area contributed by atoms with Crippen LogP contribution < -0.4 is 11.1 Å². The van der Waals surface area contributed by atoms with Crippen molar-refractivity contribution in [1.82, 2.24) is 9.97 Å². The zero-order chi connectivity index (χ0) is 14.6. The van der Waals surface area contributed by atoms with Crippen molar-refractivity contribution in [3.8, 4) is 0 Å². The fourth-order valence-corrected chi connectivity index (χ4v) is 2.80. The van der Waals surface area contributed by atoms with Gasteiger partial charge in [0.1, 0.15) is 17.5 Å². The summed E-state index contributed by atoms with van der Waals surface area (Å²) in [6.07, 6.45) is 5.83. The van der Waals surface area contributed by atoms with Gasteiger partial charge in [-0.25, -0.2) is 9.97 Å². The predicted molar refractivity (Wildman–Crippen MR) is 81.6 cm³/mol. The van der Waals surface area contributed by atoms with E-state index < -0.39 is 0 Å². The lowest BCUT2D eigenvalue weighted by Crippen LogP contribution is -2.35. The number of nitrogens with zero attached hydrogens (tertiary/aromatic N) is 2. The first-order valence-electron chi connectivity index (χ1n) is 7.54. The number of anilines is 2. The maximum atomic E-state index is 9.72. The molecule has 0 atom stereocenters. The van der Waals surface area contributed by atoms with Gasteiger partial charge in [0.25, 0.3) is 0 Å². The highest BCUT2D eigenvalue weighted by molar-refractivity contribution is 5.45. The number of rotatable bonds is 5. The molecule has 1 aromatic rings. The molecule has 0 aromatic carbocycles. The Kier molecular flexibility index (Phi) is 4.81. The van der Waals surface area contributed by atoms with Gasteiger partial charge in [-0.05, 0) is 12.8 Å². The van der Waals surface area contributed by atoms with Crippen LogP contribution in [0.1, 0.15) is 57.7 Å². The van der Waals surface area contributed by atoms with Gasteiger partial charge < -0.3 is 16.2 Å². The van der Waals surface area contributed by atoms with Crippen molar-refractivity contribution in [2.45, 2.75) is 51.9 Å². The minimum Gasteiger partial charge on any atom is -0.396 e. The Morgan fingerprint density at radius 3 is 2.60 bits per heavy atom. The van der Waals surface area contributed by atoms with Gasteiger partial charge in [-0.1, -0.05) is 33.1 Å². The molecule has 0 aliphatic heterocycles. The molecule has 0 bridgehead atoms. The Morgan fingerprint density at radius 2 is 2.00 bits per heavy atom. The van der Waals surface area contributed by atoms with Crippen LogP contribution in [0.15, 0.2) is 6.07 Å². The Hall–Kier alpha value is -1.36. The Bertz CT molecular complexity index is 441. The maximum Gasteiger partial charge on any atom is 0.135 e. The van der Waals surface area contributed by atoms with Crippen LogP contribution in [-0.2, 0) is 0 Å². The lowest BCUT2D eigenvalue weighted by atomic mass is 9.74. The number of aromatic nitrogens is 2. The summed E-state index contributed by atoms with van der Waals surface area (Å²) in [7, 11) is 0. The van der Waals surface area contributed by atoms with Crippen LogP contribution in [0.2, 0.25) is 0 Å². The summed E-state index contributed by atoms with van der Waals surface area (Å²) in [5.41, 5.74) is 5.83. The van der Waals surface area contributed by atoms with Gasteiger partial charge in [-0.15, -0.1) is 0 Å². The fourth-order valence-electron chi connectivity index (χ4n) is 2.80. The van der Waals surface area contributed by atoms with Crippen molar-refractivity contribution in [2.75, 3.05) is 24.2 Å². The van der Waals surface area contributed by atoms with Crippen LogP contribution in [0.25, 0.3) is 0 Å². The SMILES string of the molecule is CC(C)c1nc(N)cc(NCC2(CO)CCCCC2)n1. The van der Waals surface area contributed by atoms with Gasteiger partial charge in [-0.2, -0.15) is 0 Å². The summed E-state index contributed by atoms with van der Waals surface area (Å²) in [6, 6.07) is 1.76. The summed E-state index contributed by atoms with van der Waals surface area (Å²) in [6.45, 7) is 5.08. The highest BCUT2D eigenvalue weighted by Gasteiger charge is 2.31. The van der Waals surface area contributed by atoms with Crippen molar-refractivity contribution in [3.05, 3.63) is 11.9 Å². The van der Waals surface area contributed by atoms with Crippen molar-refractivity contribution >= 4 is 11.6 Å². The summed E-state index contributed by atoms with van der Waals surface area (Å²) < 4.78 is 0. The number of aliphatic hydroxyl groups excluding tert-OH is 1. The summed E-state index contributed by atoms with van der Waals surface area (Å²) in [5.74, 6) is 2.27. The highest BCUT2D eigenvalue weighted by atomic mass is 16.3. The first-order valence-corrected chi connectivity index (χ1v) is 7.54. The van der Waals surface area contributed by atoms with Gasteiger partial charge in [-0.3, -0.25) is 0 Å². The van der Waals surface area contributed by atoms with Crippen molar-refractivity contribution in [1.29, 1.82) is 0 Å². The molecule has 0 saturated heterocycles. The standard InChI is InChI=1S/C15H26N4O/c1-11(2)14-18-12(16)8-13(19-14)17-9-15(10-20)6-4-3-5-7-15/h8,11,20H,3-7,9-10H2,1-2H3,(H3,16,17,18,19). The topological polar surface area (TPSA) is 84.1 Å². The highest BCUT2D eigenvalue weighted by Crippen LogP contribution is 2.36. The second-order valence-corrected chi connectivity index (χ2v) is 6.26. The van der Waals surface area contributed by atoms with Crippen LogP contribution in [0.4, 0.5) is 11.6 Å². The van der Waals surface area contributed by atoms with Gasteiger partial charge in [0, 0.05) is 23.9 Å². The van der Waals surface area contributed by atoms with Crippen molar-refractivity contribution < 1.29 is 5.11 Å². The molecule has 5 nitrogen and oxygen atoms in total. The molecule has 1 aromatic heterocycles. The zero-order valence-electron chi connectivity index (χ0n) is 12.5. The quantitative estimate of drug-likeness (QED) is 0.771. The van der Waals surface area contributed by atoms with E-state index in [1.807, 2.05) is 0 Å². The van der Waals surface area contributed by atoms with Crippen molar-refractivity contribution in [2.24, 2.45) is 5.41 Å². The molecular weight excluding hydrogens is 252 g/mol. The van der Waals surface area contributed by atoms with E-state index in [1.165, 1.54) is 19.3 Å². The molecule has 0 amide bonds. The number of nitrogens with one attached hydrogen (secondary N) is 1. The molecule has 112 valence electrons. The van der Waals surface area contributed by atoms with E-state index >= 15 is 0 Å². The largest absolute Gasteiger partial charge is 0.396 e. The third-order valence-electron chi connectivity index (χ3n) is 4.17. The van der Waals surface area contributed by atoms with Gasteiger partial charge in [0.2, 0.25) is 0 Å². The second-order valence-electron chi connectivity index (χ2n) is 6.26. The van der Waals surface area contributed by atoms with Crippen LogP contribution in [-0.4, -0.2) is 28.2 Å². The molecule has 1 aliphatic rings. The number of aliphatic hydroxyl groups is 1. The molecule has 20 heavy (non-hydrogen) atoms. The molecule has 1 heterocycles. The van der Waals surface area contributed by atoms with E-state index in [4.69, 9.17) is 5.73 Å². The van der Waals surface area contributed by atoms with E-state index in [-0.39, 0.29) is 17.9 Å². The van der Waals surface area contributed by atoms with Crippen molar-refractivity contribution in [3.63, 3.8) is 0 Å². The molecule has 1 fully saturated rings. The fraction of sp³-hybridized carbons (Fsp3) is 0.733. The van der Waals surface area contributed by atoms with E-state index in [9.17, 15) is 5.11 Å². The summed E-state index contributed by atoms with van der Waals surface area (Å²) in [4.78, 5) is 8.74. The van der Waals surface area contributed by atoms with Gasteiger partial charge in [0.05, 0.1) is 6.61 Å². The Labute approximate surface area is 121 Å². The Morgan fingerprint density at radius 1 is 1.30 bits per heavy atom. The van der Waals surface area contributed by atoms with Gasteiger partial charge >= 0.3 is 0 Å². The second kappa shape index (κ2) is 6.39. The molecule has 2 rings (SSSR count). The normalized spacial score (nSPS) is 18.2.